The highest BCUT2D eigenvalue weighted by molar-refractivity contribution is 5.53. The van der Waals surface area contributed by atoms with Crippen molar-refractivity contribution in [2.24, 2.45) is 0 Å². The van der Waals surface area contributed by atoms with Crippen LogP contribution in [0.2, 0.25) is 0 Å². The Bertz CT molecular complexity index is 347. The highest BCUT2D eigenvalue weighted by atomic mass is 15.2. The quantitative estimate of drug-likeness (QED) is 0.769. The number of pyridine rings is 1. The Morgan fingerprint density at radius 2 is 2.06 bits per heavy atom. The van der Waals surface area contributed by atoms with Gasteiger partial charge in [0.1, 0.15) is 5.82 Å². The summed E-state index contributed by atoms with van der Waals surface area (Å²) in [5.41, 5.74) is 7.65. The van der Waals surface area contributed by atoms with Crippen molar-refractivity contribution in [3.05, 3.63) is 17.8 Å². The van der Waals surface area contributed by atoms with Crippen LogP contribution in [0.3, 0.4) is 0 Å². The first-order valence-electron chi connectivity index (χ1n) is 6.55. The monoisotopic (exact) mass is 235 g/mol. The number of hydrogen-bond acceptors (Lipinski definition) is 3. The van der Waals surface area contributed by atoms with Crippen molar-refractivity contribution >= 4 is 11.5 Å². The summed E-state index contributed by atoms with van der Waals surface area (Å²) in [6, 6.07) is 2.47. The first-order chi connectivity index (χ1) is 8.06. The molecule has 3 heteroatoms. The van der Waals surface area contributed by atoms with Crippen LogP contribution in [0.15, 0.2) is 12.3 Å². The Morgan fingerprint density at radius 1 is 1.35 bits per heavy atom. The van der Waals surface area contributed by atoms with Crippen LogP contribution in [0, 0.1) is 6.92 Å². The number of aromatic nitrogens is 1. The van der Waals surface area contributed by atoms with Gasteiger partial charge < -0.3 is 10.6 Å². The molecule has 96 valence electrons. The molecule has 0 aliphatic heterocycles. The van der Waals surface area contributed by atoms with Crippen LogP contribution in [0.1, 0.15) is 45.6 Å². The molecule has 0 aliphatic rings. The summed E-state index contributed by atoms with van der Waals surface area (Å²) in [4.78, 5) is 6.84. The molecule has 0 saturated carbocycles. The predicted molar refractivity (Wildman–Crippen MR) is 75.4 cm³/mol. The van der Waals surface area contributed by atoms with Gasteiger partial charge in [-0.25, -0.2) is 4.98 Å². The summed E-state index contributed by atoms with van der Waals surface area (Å²) in [7, 11) is 0. The van der Waals surface area contributed by atoms with Crippen molar-refractivity contribution in [1.29, 1.82) is 0 Å². The molecule has 17 heavy (non-hydrogen) atoms. The van der Waals surface area contributed by atoms with E-state index in [4.69, 9.17) is 5.73 Å². The van der Waals surface area contributed by atoms with Gasteiger partial charge >= 0.3 is 0 Å². The van der Waals surface area contributed by atoms with E-state index in [1.165, 1.54) is 19.3 Å². The van der Waals surface area contributed by atoms with Gasteiger partial charge in [0.2, 0.25) is 0 Å². The molecule has 0 spiro atoms. The predicted octanol–water partition coefficient (Wildman–Crippen LogP) is 3.38. The van der Waals surface area contributed by atoms with Crippen LogP contribution in [0.5, 0.6) is 0 Å². The molecule has 0 amide bonds. The Labute approximate surface area is 105 Å². The lowest BCUT2D eigenvalue weighted by atomic mass is 10.2. The van der Waals surface area contributed by atoms with E-state index in [0.29, 0.717) is 6.04 Å². The lowest BCUT2D eigenvalue weighted by molar-refractivity contribution is 0.618. The molecule has 1 aromatic heterocycles. The first-order valence-corrected chi connectivity index (χ1v) is 6.55. The zero-order valence-corrected chi connectivity index (χ0v) is 11.5. The zero-order valence-electron chi connectivity index (χ0n) is 11.5. The second kappa shape index (κ2) is 6.48. The first kappa shape index (κ1) is 13.8. The second-order valence-electron chi connectivity index (χ2n) is 4.90. The van der Waals surface area contributed by atoms with Crippen molar-refractivity contribution in [3.63, 3.8) is 0 Å². The highest BCUT2D eigenvalue weighted by Crippen LogP contribution is 2.21. The van der Waals surface area contributed by atoms with Gasteiger partial charge in [0.15, 0.2) is 0 Å². The normalized spacial score (nSPS) is 10.9. The lowest BCUT2D eigenvalue weighted by Crippen LogP contribution is -2.33. The third-order valence-corrected chi connectivity index (χ3v) is 2.97. The molecule has 0 fully saturated rings. The van der Waals surface area contributed by atoms with Gasteiger partial charge in [-0.2, -0.15) is 0 Å². The maximum Gasteiger partial charge on any atom is 0.131 e. The van der Waals surface area contributed by atoms with Gasteiger partial charge in [-0.3, -0.25) is 0 Å². The molecule has 0 unspecified atom stereocenters. The Morgan fingerprint density at radius 3 is 2.59 bits per heavy atom. The number of nitrogens with zero attached hydrogens (tertiary/aromatic N) is 2. The Hall–Kier alpha value is -1.25. The van der Waals surface area contributed by atoms with E-state index in [-0.39, 0.29) is 0 Å². The zero-order chi connectivity index (χ0) is 12.8. The van der Waals surface area contributed by atoms with Gasteiger partial charge in [-0.05, 0) is 38.8 Å². The average molecular weight is 235 g/mol. The molecule has 1 aromatic rings. The van der Waals surface area contributed by atoms with Crippen molar-refractivity contribution < 1.29 is 0 Å². The molecular formula is C14H25N3. The molecule has 0 radical (unpaired) electrons. The van der Waals surface area contributed by atoms with Gasteiger partial charge in [-0.15, -0.1) is 0 Å². The molecule has 1 heterocycles. The number of aryl methyl sites for hydroxylation is 1. The standard InChI is InChI=1S/C14H25N3/c1-5-6-7-8-17(11(2)3)14-12(4)9-13(15)10-16-14/h9-11H,5-8,15H2,1-4H3. The average Bonchev–Trinajstić information content (AvgIpc) is 2.25. The van der Waals surface area contributed by atoms with Crippen molar-refractivity contribution in [1.82, 2.24) is 4.98 Å². The summed E-state index contributed by atoms with van der Waals surface area (Å²) in [5.74, 6) is 1.07. The molecule has 0 saturated heterocycles. The van der Waals surface area contributed by atoms with Crippen molar-refractivity contribution in [3.8, 4) is 0 Å². The molecule has 0 atom stereocenters. The smallest absolute Gasteiger partial charge is 0.131 e. The summed E-state index contributed by atoms with van der Waals surface area (Å²) >= 11 is 0. The van der Waals surface area contributed by atoms with Crippen molar-refractivity contribution in [2.75, 3.05) is 17.2 Å². The fraction of sp³-hybridized carbons (Fsp3) is 0.643. The van der Waals surface area contributed by atoms with E-state index in [1.54, 1.807) is 6.20 Å². The molecule has 0 aromatic carbocycles. The minimum atomic E-state index is 0.474. The van der Waals surface area contributed by atoms with E-state index < -0.39 is 0 Å². The largest absolute Gasteiger partial charge is 0.397 e. The fourth-order valence-electron chi connectivity index (χ4n) is 2.03. The Kier molecular flexibility index (Phi) is 5.26. The van der Waals surface area contributed by atoms with E-state index in [0.717, 1.165) is 23.6 Å². The minimum absolute atomic E-state index is 0.474. The molecular weight excluding hydrogens is 210 g/mol. The van der Waals surface area contributed by atoms with Crippen LogP contribution in [-0.4, -0.2) is 17.6 Å². The molecule has 0 aliphatic carbocycles. The summed E-state index contributed by atoms with van der Waals surface area (Å²) in [6.07, 6.45) is 5.50. The highest BCUT2D eigenvalue weighted by Gasteiger charge is 2.13. The third kappa shape index (κ3) is 3.91. The van der Waals surface area contributed by atoms with Gasteiger partial charge in [-0.1, -0.05) is 19.8 Å². The molecule has 0 bridgehead atoms. The van der Waals surface area contributed by atoms with Crippen LogP contribution < -0.4 is 10.6 Å². The topological polar surface area (TPSA) is 42.2 Å². The fourth-order valence-corrected chi connectivity index (χ4v) is 2.03. The number of unbranched alkanes of at least 4 members (excludes halogenated alkanes) is 2. The van der Waals surface area contributed by atoms with E-state index in [1.807, 2.05) is 6.07 Å². The van der Waals surface area contributed by atoms with Crippen molar-refractivity contribution in [2.45, 2.75) is 53.0 Å². The summed E-state index contributed by atoms with van der Waals surface area (Å²) in [6.45, 7) is 9.80. The van der Waals surface area contributed by atoms with Gasteiger partial charge in [0.25, 0.3) is 0 Å². The Balaban J connectivity index is 2.82. The third-order valence-electron chi connectivity index (χ3n) is 2.97. The lowest BCUT2D eigenvalue weighted by Gasteiger charge is -2.29. The second-order valence-corrected chi connectivity index (χ2v) is 4.90. The van der Waals surface area contributed by atoms with Crippen LogP contribution in [0.4, 0.5) is 11.5 Å². The maximum atomic E-state index is 5.74. The molecule has 3 nitrogen and oxygen atoms in total. The number of rotatable bonds is 6. The maximum absolute atomic E-state index is 5.74. The molecule has 1 rings (SSSR count). The summed E-state index contributed by atoms with van der Waals surface area (Å²) < 4.78 is 0. The van der Waals surface area contributed by atoms with Gasteiger partial charge in [0.05, 0.1) is 11.9 Å². The number of nitrogen functional groups attached to an aromatic ring is 1. The van der Waals surface area contributed by atoms with Crippen LogP contribution >= 0.6 is 0 Å². The minimum Gasteiger partial charge on any atom is -0.397 e. The SMILES string of the molecule is CCCCCN(c1ncc(N)cc1C)C(C)C. The number of anilines is 2. The van der Waals surface area contributed by atoms with Crippen LogP contribution in [0.25, 0.3) is 0 Å². The summed E-state index contributed by atoms with van der Waals surface area (Å²) in [5, 5.41) is 0. The van der Waals surface area contributed by atoms with Gasteiger partial charge in [0, 0.05) is 12.6 Å². The van der Waals surface area contributed by atoms with E-state index >= 15 is 0 Å². The number of hydrogen-bond donors (Lipinski definition) is 1. The van der Waals surface area contributed by atoms with E-state index in [2.05, 4.69) is 37.6 Å². The van der Waals surface area contributed by atoms with E-state index in [9.17, 15) is 0 Å². The number of nitrogens with two attached hydrogens (primary N) is 1. The molecule has 2 N–H and O–H groups in total. The van der Waals surface area contributed by atoms with Crippen LogP contribution in [-0.2, 0) is 0 Å².